The second kappa shape index (κ2) is 4.90. The predicted molar refractivity (Wildman–Crippen MR) is 77.2 cm³/mol. The van der Waals surface area contributed by atoms with Crippen molar-refractivity contribution >= 4 is 27.5 Å². The summed E-state index contributed by atoms with van der Waals surface area (Å²) < 4.78 is 1.18. The Morgan fingerprint density at radius 2 is 2.15 bits per heavy atom. The summed E-state index contributed by atoms with van der Waals surface area (Å²) >= 11 is 1.51. The van der Waals surface area contributed by atoms with Crippen molar-refractivity contribution in [1.29, 1.82) is 0 Å². The molecule has 0 radical (unpaired) electrons. The summed E-state index contributed by atoms with van der Waals surface area (Å²) in [7, 11) is 0. The highest BCUT2D eigenvalue weighted by molar-refractivity contribution is 7.18. The average molecular weight is 293 g/mol. The van der Waals surface area contributed by atoms with Gasteiger partial charge >= 0.3 is 5.69 Å². The van der Waals surface area contributed by atoms with Gasteiger partial charge in [-0.15, -0.1) is 11.3 Å². The highest BCUT2D eigenvalue weighted by atomic mass is 32.1. The van der Waals surface area contributed by atoms with Crippen molar-refractivity contribution < 1.29 is 4.79 Å². The summed E-state index contributed by atoms with van der Waals surface area (Å²) in [4.78, 5) is 39.8. The van der Waals surface area contributed by atoms with Crippen LogP contribution in [0.3, 0.4) is 0 Å². The molecule has 0 atom stereocenters. The Morgan fingerprint density at radius 1 is 1.35 bits per heavy atom. The van der Waals surface area contributed by atoms with E-state index in [0.717, 1.165) is 24.8 Å². The van der Waals surface area contributed by atoms with Gasteiger partial charge in [-0.3, -0.25) is 19.1 Å². The number of aromatic amines is 1. The lowest BCUT2D eigenvalue weighted by molar-refractivity contribution is -0.118. The van der Waals surface area contributed by atoms with Crippen LogP contribution in [0.2, 0.25) is 0 Å². The number of primary amides is 1. The fourth-order valence-corrected chi connectivity index (χ4v) is 4.00. The van der Waals surface area contributed by atoms with E-state index in [1.54, 1.807) is 0 Å². The fraction of sp³-hybridized carbons (Fsp3) is 0.462. The number of nitrogens with zero attached hydrogens (tertiary/aromatic N) is 1. The van der Waals surface area contributed by atoms with E-state index in [1.807, 2.05) is 0 Å². The van der Waals surface area contributed by atoms with Gasteiger partial charge in [-0.2, -0.15) is 0 Å². The van der Waals surface area contributed by atoms with Crippen molar-refractivity contribution in [2.45, 2.75) is 38.6 Å². The molecular formula is C13H15N3O3S. The number of fused-ring (bicyclic) bond motifs is 3. The van der Waals surface area contributed by atoms with E-state index < -0.39 is 11.6 Å². The first-order valence-electron chi connectivity index (χ1n) is 6.63. The van der Waals surface area contributed by atoms with E-state index in [4.69, 9.17) is 5.73 Å². The number of nitrogens with one attached hydrogen (secondary N) is 1. The summed E-state index contributed by atoms with van der Waals surface area (Å²) in [6.07, 6.45) is 3.52. The first-order chi connectivity index (χ1) is 9.58. The first-order valence-corrected chi connectivity index (χ1v) is 7.45. The van der Waals surface area contributed by atoms with Crippen molar-refractivity contribution in [3.8, 4) is 0 Å². The third-order valence-electron chi connectivity index (χ3n) is 3.65. The van der Waals surface area contributed by atoms with Gasteiger partial charge in [0.2, 0.25) is 5.91 Å². The summed E-state index contributed by atoms with van der Waals surface area (Å²) in [6.45, 7) is 0.220. The quantitative estimate of drug-likeness (QED) is 0.859. The van der Waals surface area contributed by atoms with Gasteiger partial charge in [0.25, 0.3) is 5.56 Å². The lowest BCUT2D eigenvalue weighted by Gasteiger charge is -2.04. The predicted octanol–water partition coefficient (Wildman–Crippen LogP) is 0.505. The van der Waals surface area contributed by atoms with Crippen molar-refractivity contribution in [2.24, 2.45) is 5.73 Å². The number of aryl methyl sites for hydroxylation is 2. The number of aromatic nitrogens is 2. The molecule has 0 spiro atoms. The van der Waals surface area contributed by atoms with Crippen LogP contribution in [0.15, 0.2) is 9.59 Å². The lowest BCUT2D eigenvalue weighted by atomic mass is 10.2. The molecule has 2 heterocycles. The van der Waals surface area contributed by atoms with Crippen molar-refractivity contribution in [2.75, 3.05) is 0 Å². The second-order valence-corrected chi connectivity index (χ2v) is 6.12. The summed E-state index contributed by atoms with van der Waals surface area (Å²) in [5.74, 6) is -0.424. The molecule has 1 amide bonds. The number of nitrogens with two attached hydrogens (primary N) is 1. The van der Waals surface area contributed by atoms with Gasteiger partial charge in [-0.1, -0.05) is 0 Å². The molecule has 0 fully saturated rings. The van der Waals surface area contributed by atoms with Crippen LogP contribution in [0.4, 0.5) is 0 Å². The smallest absolute Gasteiger partial charge is 0.329 e. The molecule has 0 saturated carbocycles. The first kappa shape index (κ1) is 13.1. The Hall–Kier alpha value is -1.89. The van der Waals surface area contributed by atoms with E-state index >= 15 is 0 Å². The van der Waals surface area contributed by atoms with Gasteiger partial charge in [0.15, 0.2) is 0 Å². The number of rotatable bonds is 4. The highest BCUT2D eigenvalue weighted by Crippen LogP contribution is 2.33. The maximum Gasteiger partial charge on any atom is 0.329 e. The highest BCUT2D eigenvalue weighted by Gasteiger charge is 2.21. The molecule has 106 valence electrons. The molecule has 3 N–H and O–H groups in total. The molecule has 0 aromatic carbocycles. The van der Waals surface area contributed by atoms with Crippen LogP contribution >= 0.6 is 11.3 Å². The van der Waals surface area contributed by atoms with Crippen LogP contribution in [0.1, 0.15) is 29.7 Å². The van der Waals surface area contributed by atoms with Crippen LogP contribution in [-0.4, -0.2) is 15.5 Å². The summed E-state index contributed by atoms with van der Waals surface area (Å²) in [6, 6.07) is 0. The molecule has 1 aliphatic carbocycles. The molecule has 6 nitrogen and oxygen atoms in total. The number of amides is 1. The number of hydrogen-bond acceptors (Lipinski definition) is 4. The molecule has 2 aromatic rings. The van der Waals surface area contributed by atoms with Gasteiger partial charge in [0.1, 0.15) is 4.83 Å². The number of thiophene rings is 1. The maximum absolute atomic E-state index is 12.5. The minimum atomic E-state index is -0.424. The van der Waals surface area contributed by atoms with E-state index in [2.05, 4.69) is 4.98 Å². The van der Waals surface area contributed by atoms with E-state index in [1.165, 1.54) is 20.8 Å². The molecule has 3 rings (SSSR count). The monoisotopic (exact) mass is 293 g/mol. The van der Waals surface area contributed by atoms with Gasteiger partial charge in [-0.05, 0) is 31.2 Å². The standard InChI is InChI=1S/C13H15N3O3S/c14-9(17)5-2-6-16-12(18)10-7-3-1-4-8(7)20-11(10)15-13(16)19/h1-6H2,(H2,14,17)(H,15,19). The molecule has 7 heteroatoms. The summed E-state index contributed by atoms with van der Waals surface area (Å²) in [5, 5.41) is 0.654. The maximum atomic E-state index is 12.5. The van der Waals surface area contributed by atoms with Gasteiger partial charge in [-0.25, -0.2) is 4.79 Å². The third-order valence-corrected chi connectivity index (χ3v) is 4.86. The second-order valence-electron chi connectivity index (χ2n) is 5.02. The van der Waals surface area contributed by atoms with E-state index in [0.29, 0.717) is 16.6 Å². The molecule has 20 heavy (non-hydrogen) atoms. The molecule has 1 aliphatic rings. The average Bonchev–Trinajstić information content (AvgIpc) is 2.92. The number of carbonyl (C=O) groups excluding carboxylic acids is 1. The molecule has 0 bridgehead atoms. The van der Waals surface area contributed by atoms with Crippen molar-refractivity contribution in [3.63, 3.8) is 0 Å². The largest absolute Gasteiger partial charge is 0.370 e. The Morgan fingerprint density at radius 3 is 2.90 bits per heavy atom. The van der Waals surface area contributed by atoms with Crippen molar-refractivity contribution in [1.82, 2.24) is 9.55 Å². The van der Waals surface area contributed by atoms with Crippen LogP contribution in [0.5, 0.6) is 0 Å². The Kier molecular flexibility index (Phi) is 3.21. The van der Waals surface area contributed by atoms with Gasteiger partial charge < -0.3 is 5.73 Å². The number of H-pyrrole nitrogens is 1. The van der Waals surface area contributed by atoms with Crippen LogP contribution < -0.4 is 17.0 Å². The molecule has 0 saturated heterocycles. The lowest BCUT2D eigenvalue weighted by Crippen LogP contribution is -2.35. The SMILES string of the molecule is NC(=O)CCCn1c(=O)[nH]c2sc3c(c2c1=O)CCC3. The van der Waals surface area contributed by atoms with Crippen LogP contribution in [0, 0.1) is 0 Å². The summed E-state index contributed by atoms with van der Waals surface area (Å²) in [5.41, 5.74) is 5.51. The number of hydrogen-bond donors (Lipinski definition) is 2. The van der Waals surface area contributed by atoms with E-state index in [9.17, 15) is 14.4 Å². The Balaban J connectivity index is 2.06. The zero-order valence-electron chi connectivity index (χ0n) is 10.9. The number of carbonyl (C=O) groups is 1. The normalized spacial score (nSPS) is 13.8. The van der Waals surface area contributed by atoms with Crippen LogP contribution in [0.25, 0.3) is 10.2 Å². The zero-order valence-corrected chi connectivity index (χ0v) is 11.7. The minimum Gasteiger partial charge on any atom is -0.370 e. The van der Waals surface area contributed by atoms with Gasteiger partial charge in [0.05, 0.1) is 5.39 Å². The van der Waals surface area contributed by atoms with Gasteiger partial charge in [0, 0.05) is 17.8 Å². The Bertz CT molecular complexity index is 800. The molecule has 0 aliphatic heterocycles. The molecular weight excluding hydrogens is 278 g/mol. The topological polar surface area (TPSA) is 97.9 Å². The van der Waals surface area contributed by atoms with Crippen LogP contribution in [-0.2, 0) is 24.2 Å². The fourth-order valence-electron chi connectivity index (χ4n) is 2.72. The molecule has 0 unspecified atom stereocenters. The van der Waals surface area contributed by atoms with Crippen molar-refractivity contribution in [3.05, 3.63) is 31.3 Å². The third kappa shape index (κ3) is 2.07. The molecule has 2 aromatic heterocycles. The zero-order chi connectivity index (χ0) is 14.3. The minimum absolute atomic E-state index is 0.172. The van der Waals surface area contributed by atoms with E-state index in [-0.39, 0.29) is 18.5 Å². The Labute approximate surface area is 118 Å².